The van der Waals surface area contributed by atoms with Gasteiger partial charge in [-0.15, -0.1) is 0 Å². The largest absolute Gasteiger partial charge is 0.507 e. The highest BCUT2D eigenvalue weighted by molar-refractivity contribution is 6.35. The number of carbonyl (C=O) groups excluding carboxylic acids is 2. The Balaban J connectivity index is 1.49. The number of likely N-dealkylation sites (N-methyl/N-ethyl adjacent to an activating group) is 1. The van der Waals surface area contributed by atoms with Gasteiger partial charge in [-0.1, -0.05) is 30.7 Å². The van der Waals surface area contributed by atoms with E-state index in [-0.39, 0.29) is 64.4 Å². The van der Waals surface area contributed by atoms with Gasteiger partial charge in [0.2, 0.25) is 5.91 Å². The fourth-order valence-electron chi connectivity index (χ4n) is 6.83. The molecule has 4 aliphatic rings. The zero-order chi connectivity index (χ0) is 29.9. The number of rotatable bonds is 5. The van der Waals surface area contributed by atoms with Crippen molar-refractivity contribution < 1.29 is 23.8 Å². The number of piperazine rings is 1. The number of amides is 2. The highest BCUT2D eigenvalue weighted by Crippen LogP contribution is 2.48. The average molecular weight is 598 g/mol. The molecule has 0 radical (unpaired) electrons. The second-order valence-electron chi connectivity index (χ2n) is 12.4. The summed E-state index contributed by atoms with van der Waals surface area (Å²) >= 11 is 6.90. The number of carbonyl (C=O) groups is 2. The van der Waals surface area contributed by atoms with Gasteiger partial charge in [-0.25, -0.2) is 9.37 Å². The highest BCUT2D eigenvalue weighted by atomic mass is 35.5. The molecule has 42 heavy (non-hydrogen) atoms. The normalized spacial score (nSPS) is 23.7. The summed E-state index contributed by atoms with van der Waals surface area (Å²) in [6.07, 6.45) is 5.69. The number of aromatic nitrogens is 1. The lowest BCUT2D eigenvalue weighted by Gasteiger charge is -2.40. The summed E-state index contributed by atoms with van der Waals surface area (Å²) in [5.74, 6) is -1.02. The Morgan fingerprint density at radius 2 is 2.00 bits per heavy atom. The van der Waals surface area contributed by atoms with Crippen LogP contribution in [0.15, 0.2) is 30.9 Å². The lowest BCUT2D eigenvalue weighted by atomic mass is 9.89. The van der Waals surface area contributed by atoms with Gasteiger partial charge in [0.25, 0.3) is 5.91 Å². The van der Waals surface area contributed by atoms with Gasteiger partial charge < -0.3 is 24.5 Å². The predicted molar refractivity (Wildman–Crippen MR) is 159 cm³/mol. The summed E-state index contributed by atoms with van der Waals surface area (Å²) in [4.78, 5) is 39.6. The number of hydrogen-bond acceptors (Lipinski definition) is 7. The molecule has 224 valence electrons. The van der Waals surface area contributed by atoms with Crippen molar-refractivity contribution in [2.24, 2.45) is 0 Å². The number of hydrogen-bond donors (Lipinski definition) is 1. The maximum atomic E-state index is 15.2. The molecule has 2 amide bonds. The van der Waals surface area contributed by atoms with Crippen LogP contribution in [0, 0.1) is 5.82 Å². The zero-order valence-electron chi connectivity index (χ0n) is 24.3. The van der Waals surface area contributed by atoms with Crippen molar-refractivity contribution in [1.82, 2.24) is 19.7 Å². The summed E-state index contributed by atoms with van der Waals surface area (Å²) in [5.41, 5.74) is -0.297. The van der Waals surface area contributed by atoms with E-state index in [2.05, 4.69) is 37.3 Å². The maximum Gasteiger partial charge on any atom is 0.261 e. The predicted octanol–water partition coefficient (Wildman–Crippen LogP) is 4.32. The number of fused-ring (bicyclic) bond motifs is 2. The fourth-order valence-corrected chi connectivity index (χ4v) is 7.12. The first-order chi connectivity index (χ1) is 20.0. The molecule has 6 rings (SSSR count). The molecule has 1 N–H and O–H groups in total. The van der Waals surface area contributed by atoms with Crippen LogP contribution in [-0.4, -0.2) is 100 Å². The van der Waals surface area contributed by atoms with Crippen LogP contribution in [-0.2, 0) is 4.79 Å². The molecule has 0 bridgehead atoms. The van der Waals surface area contributed by atoms with Crippen molar-refractivity contribution in [2.45, 2.75) is 63.2 Å². The first-order valence-electron chi connectivity index (χ1n) is 14.6. The van der Waals surface area contributed by atoms with E-state index in [1.807, 2.05) is 0 Å². The quantitative estimate of drug-likeness (QED) is 0.514. The molecule has 1 aromatic carbocycles. The van der Waals surface area contributed by atoms with Crippen LogP contribution in [0.25, 0.3) is 11.3 Å². The summed E-state index contributed by atoms with van der Waals surface area (Å²) in [5, 5.41) is 10.7. The monoisotopic (exact) mass is 597 g/mol. The number of benzene rings is 1. The Bertz CT molecular complexity index is 1430. The van der Waals surface area contributed by atoms with Gasteiger partial charge in [-0.05, 0) is 58.4 Å². The van der Waals surface area contributed by atoms with Crippen LogP contribution in [0.4, 0.5) is 10.2 Å². The number of aromatic hydroxyl groups is 1. The van der Waals surface area contributed by atoms with Gasteiger partial charge in [-0.3, -0.25) is 14.5 Å². The first-order valence-corrected chi connectivity index (χ1v) is 15.0. The molecule has 1 aliphatic carbocycles. The third-order valence-corrected chi connectivity index (χ3v) is 9.86. The Morgan fingerprint density at radius 1 is 1.24 bits per heavy atom. The van der Waals surface area contributed by atoms with E-state index < -0.39 is 17.4 Å². The third-order valence-electron chi connectivity index (χ3n) is 9.51. The standard InChI is InChI=1S/C31H37ClFN5O4/c1-5-23(40)36-12-13-37-20(15-36)17-42-28-25(30(37)41)29(34-27(26(28)32)24-21(33)10-7-11-22(24)39)38-16-19(14-31(38,2)3)35(4)18-8-6-9-18/h5,7,10-11,18-20,39H,1,6,8-9,12-17H2,2-4H3/t19?,20-/m1/s1. The van der Waals surface area contributed by atoms with E-state index >= 15 is 4.39 Å². The molecule has 4 heterocycles. The number of phenols is 1. The molecule has 3 aliphatic heterocycles. The first kappa shape index (κ1) is 28.7. The van der Waals surface area contributed by atoms with Crippen molar-refractivity contribution >= 4 is 29.2 Å². The smallest absolute Gasteiger partial charge is 0.261 e. The maximum absolute atomic E-state index is 15.2. The minimum atomic E-state index is -0.686. The number of anilines is 1. The molecule has 1 unspecified atom stereocenters. The topological polar surface area (TPSA) is 89.5 Å². The number of phenolic OH excluding ortho intramolecular Hbond substituents is 1. The van der Waals surface area contributed by atoms with E-state index in [0.717, 1.165) is 6.42 Å². The summed E-state index contributed by atoms with van der Waals surface area (Å²) < 4.78 is 21.5. The fraction of sp³-hybridized carbons (Fsp3) is 0.516. The molecule has 2 aromatic rings. The molecular weight excluding hydrogens is 561 g/mol. The second-order valence-corrected chi connectivity index (χ2v) is 12.8. The van der Waals surface area contributed by atoms with Crippen molar-refractivity contribution in [1.29, 1.82) is 0 Å². The van der Waals surface area contributed by atoms with E-state index in [1.165, 1.54) is 43.5 Å². The van der Waals surface area contributed by atoms with E-state index in [4.69, 9.17) is 21.3 Å². The summed E-state index contributed by atoms with van der Waals surface area (Å²) in [6, 6.07) is 4.37. The van der Waals surface area contributed by atoms with Gasteiger partial charge >= 0.3 is 0 Å². The van der Waals surface area contributed by atoms with Gasteiger partial charge in [-0.2, -0.15) is 0 Å². The molecule has 2 atom stereocenters. The van der Waals surface area contributed by atoms with Gasteiger partial charge in [0.1, 0.15) is 40.3 Å². The highest BCUT2D eigenvalue weighted by Gasteiger charge is 2.47. The summed E-state index contributed by atoms with van der Waals surface area (Å²) in [7, 11) is 2.16. The van der Waals surface area contributed by atoms with Crippen LogP contribution in [0.2, 0.25) is 5.02 Å². The summed E-state index contributed by atoms with van der Waals surface area (Å²) in [6.45, 7) is 9.49. The third kappa shape index (κ3) is 4.68. The van der Waals surface area contributed by atoms with E-state index in [0.29, 0.717) is 31.5 Å². The molecule has 2 saturated heterocycles. The Kier molecular flexibility index (Phi) is 7.33. The van der Waals surface area contributed by atoms with Crippen LogP contribution >= 0.6 is 11.6 Å². The minimum absolute atomic E-state index is 0.0174. The average Bonchev–Trinajstić information content (AvgIpc) is 3.17. The van der Waals surface area contributed by atoms with Crippen LogP contribution in [0.5, 0.6) is 11.5 Å². The lowest BCUT2D eigenvalue weighted by molar-refractivity contribution is -0.128. The minimum Gasteiger partial charge on any atom is -0.507 e. The van der Waals surface area contributed by atoms with Crippen molar-refractivity contribution in [3.8, 4) is 22.8 Å². The number of ether oxygens (including phenoxy) is 1. The van der Waals surface area contributed by atoms with Crippen LogP contribution in [0.3, 0.4) is 0 Å². The van der Waals surface area contributed by atoms with Crippen molar-refractivity contribution in [3.63, 3.8) is 0 Å². The zero-order valence-corrected chi connectivity index (χ0v) is 25.0. The molecule has 9 nitrogen and oxygen atoms in total. The van der Waals surface area contributed by atoms with Gasteiger partial charge in [0.15, 0.2) is 5.75 Å². The Labute approximate surface area is 250 Å². The lowest BCUT2D eigenvalue weighted by Crippen LogP contribution is -2.57. The van der Waals surface area contributed by atoms with E-state index in [1.54, 1.807) is 9.80 Å². The molecular formula is C31H37ClFN5O4. The van der Waals surface area contributed by atoms with Gasteiger partial charge in [0, 0.05) is 43.8 Å². The second kappa shape index (κ2) is 10.7. The number of pyridine rings is 1. The number of halogens is 2. The molecule has 11 heteroatoms. The Hall–Kier alpha value is -3.37. The van der Waals surface area contributed by atoms with Crippen LogP contribution < -0.4 is 9.64 Å². The van der Waals surface area contributed by atoms with Crippen molar-refractivity contribution in [2.75, 3.05) is 44.7 Å². The molecule has 0 spiro atoms. The SMILES string of the molecule is C=CC(=O)N1CCN2C(=O)c3c(N4CC(N(C)C5CCC5)CC4(C)C)nc(-c4c(O)cccc4F)c(Cl)c3OC[C@H]2C1. The Morgan fingerprint density at radius 3 is 2.67 bits per heavy atom. The van der Waals surface area contributed by atoms with E-state index in [9.17, 15) is 14.7 Å². The number of nitrogens with zero attached hydrogens (tertiary/aromatic N) is 5. The molecule has 1 aromatic heterocycles. The van der Waals surface area contributed by atoms with Gasteiger partial charge in [0.05, 0.1) is 11.6 Å². The van der Waals surface area contributed by atoms with Crippen molar-refractivity contribution in [3.05, 3.63) is 47.3 Å². The molecule has 3 fully saturated rings. The van der Waals surface area contributed by atoms with Crippen LogP contribution in [0.1, 0.15) is 49.9 Å². The molecule has 1 saturated carbocycles.